The molecule has 7 nitrogen and oxygen atoms in total. The Labute approximate surface area is 165 Å². The molecule has 0 aliphatic rings. The van der Waals surface area contributed by atoms with E-state index in [1.165, 1.54) is 12.1 Å². The van der Waals surface area contributed by atoms with Crippen LogP contribution in [0.4, 0.5) is 19.7 Å². The van der Waals surface area contributed by atoms with Crippen molar-refractivity contribution in [2.24, 2.45) is 0 Å². The zero-order chi connectivity index (χ0) is 21.5. The second-order valence-corrected chi connectivity index (χ2v) is 8.50. The van der Waals surface area contributed by atoms with Crippen LogP contribution in [0.5, 0.6) is 0 Å². The number of ether oxygens (including phenoxy) is 3. The van der Waals surface area contributed by atoms with Gasteiger partial charge in [-0.2, -0.15) is 0 Å². The van der Waals surface area contributed by atoms with Crippen molar-refractivity contribution in [2.75, 3.05) is 11.9 Å². The first kappa shape index (κ1) is 23.7. The molecule has 0 aliphatic carbocycles. The highest BCUT2D eigenvalue weighted by Gasteiger charge is 2.19. The van der Waals surface area contributed by atoms with Crippen molar-refractivity contribution in [1.82, 2.24) is 5.32 Å². The molecule has 1 rings (SSSR count). The van der Waals surface area contributed by atoms with Crippen molar-refractivity contribution in [2.45, 2.75) is 72.3 Å². The maximum Gasteiger partial charge on any atom is 0.412 e. The summed E-state index contributed by atoms with van der Waals surface area (Å²) >= 11 is 0. The summed E-state index contributed by atoms with van der Waals surface area (Å²) in [6.07, 6.45) is -1.26. The van der Waals surface area contributed by atoms with E-state index in [0.29, 0.717) is 5.56 Å². The Hall–Kier alpha value is -2.35. The number of hydrogen-bond donors (Lipinski definition) is 2. The van der Waals surface area contributed by atoms with Crippen LogP contribution in [0.2, 0.25) is 0 Å². The summed E-state index contributed by atoms with van der Waals surface area (Å²) in [4.78, 5) is 23.5. The summed E-state index contributed by atoms with van der Waals surface area (Å²) in [5.41, 5.74) is -0.582. The molecule has 1 atom stereocenters. The van der Waals surface area contributed by atoms with Gasteiger partial charge < -0.3 is 19.5 Å². The Bertz CT molecular complexity index is 680. The van der Waals surface area contributed by atoms with Gasteiger partial charge in [0.05, 0.1) is 24.9 Å². The molecule has 1 aromatic rings. The number of amides is 2. The quantitative estimate of drug-likeness (QED) is 0.731. The molecule has 0 bridgehead atoms. The van der Waals surface area contributed by atoms with Crippen molar-refractivity contribution in [3.05, 3.63) is 29.6 Å². The fourth-order valence-corrected chi connectivity index (χ4v) is 2.08. The fraction of sp³-hybridized carbons (Fsp3) is 0.600. The Kier molecular flexibility index (Phi) is 8.23. The van der Waals surface area contributed by atoms with Gasteiger partial charge in [0.1, 0.15) is 17.0 Å². The van der Waals surface area contributed by atoms with Crippen molar-refractivity contribution in [1.29, 1.82) is 0 Å². The largest absolute Gasteiger partial charge is 0.444 e. The molecule has 2 N–H and O–H groups in total. The maximum atomic E-state index is 13.9. The minimum absolute atomic E-state index is 0.00952. The molecule has 0 aliphatic heterocycles. The van der Waals surface area contributed by atoms with Crippen LogP contribution in [0, 0.1) is 5.82 Å². The van der Waals surface area contributed by atoms with E-state index < -0.39 is 29.2 Å². The molecule has 0 saturated heterocycles. The van der Waals surface area contributed by atoms with Crippen LogP contribution in [0.1, 0.15) is 54.0 Å². The Morgan fingerprint density at radius 3 is 2.18 bits per heavy atom. The van der Waals surface area contributed by atoms with Gasteiger partial charge in [-0.3, -0.25) is 5.32 Å². The van der Waals surface area contributed by atoms with Crippen LogP contribution in [-0.4, -0.2) is 36.0 Å². The minimum atomic E-state index is -0.736. The third-order valence-corrected chi connectivity index (χ3v) is 3.07. The summed E-state index contributed by atoms with van der Waals surface area (Å²) in [5.74, 6) is -0.574. The molecular formula is C20H31FN2O5. The predicted molar refractivity (Wildman–Crippen MR) is 105 cm³/mol. The van der Waals surface area contributed by atoms with E-state index in [1.807, 2.05) is 0 Å². The molecule has 1 aromatic carbocycles. The second-order valence-electron chi connectivity index (χ2n) is 8.50. The van der Waals surface area contributed by atoms with Crippen molar-refractivity contribution in [3.63, 3.8) is 0 Å². The average Bonchev–Trinajstić information content (AvgIpc) is 2.46. The number of halogens is 1. The van der Waals surface area contributed by atoms with Crippen molar-refractivity contribution in [3.8, 4) is 0 Å². The topological polar surface area (TPSA) is 85.9 Å². The second kappa shape index (κ2) is 9.73. The minimum Gasteiger partial charge on any atom is -0.444 e. The van der Waals surface area contributed by atoms with Crippen LogP contribution in [0.25, 0.3) is 0 Å². The van der Waals surface area contributed by atoms with Crippen LogP contribution >= 0.6 is 0 Å². The highest BCUT2D eigenvalue weighted by Crippen LogP contribution is 2.18. The molecule has 0 spiro atoms. The molecule has 0 radical (unpaired) electrons. The Morgan fingerprint density at radius 2 is 1.61 bits per heavy atom. The summed E-state index contributed by atoms with van der Waals surface area (Å²) < 4.78 is 29.8. The van der Waals surface area contributed by atoms with Gasteiger partial charge in [-0.25, -0.2) is 14.0 Å². The fourth-order valence-electron chi connectivity index (χ4n) is 2.08. The zero-order valence-electron chi connectivity index (χ0n) is 17.6. The highest BCUT2D eigenvalue weighted by atomic mass is 19.1. The van der Waals surface area contributed by atoms with E-state index in [1.54, 1.807) is 54.5 Å². The number of carbonyl (C=O) groups is 2. The first-order valence-corrected chi connectivity index (χ1v) is 9.11. The molecule has 0 fully saturated rings. The number of carbonyl (C=O) groups excluding carboxylic acids is 2. The van der Waals surface area contributed by atoms with Gasteiger partial charge in [0.25, 0.3) is 0 Å². The first-order valence-electron chi connectivity index (χ1n) is 9.11. The number of benzene rings is 1. The molecule has 158 valence electrons. The van der Waals surface area contributed by atoms with E-state index in [0.717, 1.165) is 0 Å². The Balaban J connectivity index is 2.53. The van der Waals surface area contributed by atoms with Crippen LogP contribution in [0.15, 0.2) is 18.2 Å². The summed E-state index contributed by atoms with van der Waals surface area (Å²) in [6.45, 7) is 12.7. The number of hydrogen-bond acceptors (Lipinski definition) is 5. The molecule has 8 heteroatoms. The van der Waals surface area contributed by atoms with Gasteiger partial charge >= 0.3 is 12.2 Å². The van der Waals surface area contributed by atoms with Gasteiger partial charge in [0.2, 0.25) is 0 Å². The van der Waals surface area contributed by atoms with E-state index in [4.69, 9.17) is 14.2 Å². The summed E-state index contributed by atoms with van der Waals surface area (Å²) in [6, 6.07) is 4.01. The van der Waals surface area contributed by atoms with E-state index in [-0.39, 0.29) is 24.9 Å². The average molecular weight is 398 g/mol. The summed E-state index contributed by atoms with van der Waals surface area (Å²) in [5, 5.41) is 5.06. The molecule has 2 amide bonds. The SMILES string of the molecule is CC(COCc1ccc(F)c(NC(=O)OC(C)(C)C)c1)NC(=O)OC(C)(C)C. The molecular weight excluding hydrogens is 367 g/mol. The standard InChI is InChI=1S/C20H31FN2O5/c1-13(22-17(24)27-19(2,3)4)11-26-12-14-8-9-15(21)16(10-14)23-18(25)28-20(5,6)7/h8-10,13H,11-12H2,1-7H3,(H,22,24)(H,23,25). The lowest BCUT2D eigenvalue weighted by atomic mass is 10.2. The van der Waals surface area contributed by atoms with Gasteiger partial charge in [-0.1, -0.05) is 6.07 Å². The zero-order valence-corrected chi connectivity index (χ0v) is 17.6. The number of alkyl carbamates (subject to hydrolysis) is 1. The first-order chi connectivity index (χ1) is 12.7. The van der Waals surface area contributed by atoms with Crippen LogP contribution in [-0.2, 0) is 20.8 Å². The summed E-state index contributed by atoms with van der Waals surface area (Å²) in [7, 11) is 0. The molecule has 0 saturated carbocycles. The van der Waals surface area contributed by atoms with Crippen molar-refractivity contribution < 1.29 is 28.2 Å². The molecule has 1 unspecified atom stereocenters. The number of anilines is 1. The van der Waals surface area contributed by atoms with E-state index in [9.17, 15) is 14.0 Å². The van der Waals surface area contributed by atoms with Crippen molar-refractivity contribution >= 4 is 17.9 Å². The van der Waals surface area contributed by atoms with Crippen LogP contribution in [0.3, 0.4) is 0 Å². The molecule has 28 heavy (non-hydrogen) atoms. The van der Waals surface area contributed by atoms with Gasteiger partial charge in [0.15, 0.2) is 0 Å². The normalized spacial score (nSPS) is 12.9. The van der Waals surface area contributed by atoms with E-state index in [2.05, 4.69) is 10.6 Å². The van der Waals surface area contributed by atoms with Gasteiger partial charge in [-0.15, -0.1) is 0 Å². The number of nitrogens with one attached hydrogen (secondary N) is 2. The number of rotatable bonds is 6. The van der Waals surface area contributed by atoms with E-state index >= 15 is 0 Å². The third-order valence-electron chi connectivity index (χ3n) is 3.07. The maximum absolute atomic E-state index is 13.9. The monoisotopic (exact) mass is 398 g/mol. The third kappa shape index (κ3) is 10.1. The smallest absolute Gasteiger partial charge is 0.412 e. The molecule has 0 heterocycles. The van der Waals surface area contributed by atoms with Crippen LogP contribution < -0.4 is 10.6 Å². The Morgan fingerprint density at radius 1 is 1.04 bits per heavy atom. The molecule has 0 aromatic heterocycles. The highest BCUT2D eigenvalue weighted by molar-refractivity contribution is 5.85. The van der Waals surface area contributed by atoms with Gasteiger partial charge in [0, 0.05) is 0 Å². The lowest BCUT2D eigenvalue weighted by Crippen LogP contribution is -2.39. The lowest BCUT2D eigenvalue weighted by molar-refractivity contribution is 0.0442. The predicted octanol–water partition coefficient (Wildman–Crippen LogP) is 4.60. The lowest BCUT2D eigenvalue weighted by Gasteiger charge is -2.22. The van der Waals surface area contributed by atoms with Gasteiger partial charge in [-0.05, 0) is 66.2 Å².